The number of benzene rings is 1. The molecule has 0 aliphatic carbocycles. The molecule has 5 nitrogen and oxygen atoms in total. The zero-order valence-electron chi connectivity index (χ0n) is 12.2. The molecule has 1 heterocycles. The summed E-state index contributed by atoms with van der Waals surface area (Å²) in [6, 6.07) is 7.50. The minimum absolute atomic E-state index is 0.131. The average Bonchev–Trinajstić information content (AvgIpc) is 2.97. The largest absolute Gasteiger partial charge is 0.497 e. The molecule has 0 fully saturated rings. The van der Waals surface area contributed by atoms with E-state index in [2.05, 4.69) is 10.3 Å². The SMILES string of the molecule is COc1ccc(-c2nc(C(=O)NC(C)(C)CO)cs2)cc1. The summed E-state index contributed by atoms with van der Waals surface area (Å²) in [5, 5.41) is 14.4. The molecule has 0 aliphatic heterocycles. The van der Waals surface area contributed by atoms with Crippen LogP contribution >= 0.6 is 11.3 Å². The summed E-state index contributed by atoms with van der Waals surface area (Å²) in [5.41, 5.74) is 0.620. The molecule has 2 N–H and O–H groups in total. The number of thiazole rings is 1. The first-order chi connectivity index (χ1) is 9.95. The van der Waals surface area contributed by atoms with E-state index in [0.717, 1.165) is 16.3 Å². The number of rotatable bonds is 5. The number of carbonyl (C=O) groups excluding carboxylic acids is 1. The second-order valence-electron chi connectivity index (χ2n) is 5.26. The van der Waals surface area contributed by atoms with Crippen molar-refractivity contribution in [3.8, 4) is 16.3 Å². The molecule has 112 valence electrons. The summed E-state index contributed by atoms with van der Waals surface area (Å²) in [5.74, 6) is 0.489. The molecule has 0 spiro atoms. The van der Waals surface area contributed by atoms with Gasteiger partial charge < -0.3 is 15.2 Å². The first kappa shape index (κ1) is 15.5. The highest BCUT2D eigenvalue weighted by Gasteiger charge is 2.21. The average molecular weight is 306 g/mol. The number of carbonyl (C=O) groups is 1. The maximum Gasteiger partial charge on any atom is 0.271 e. The second-order valence-corrected chi connectivity index (χ2v) is 6.12. The van der Waals surface area contributed by atoms with E-state index >= 15 is 0 Å². The van der Waals surface area contributed by atoms with E-state index in [1.54, 1.807) is 26.3 Å². The van der Waals surface area contributed by atoms with Crippen LogP contribution in [0, 0.1) is 0 Å². The van der Waals surface area contributed by atoms with Crippen LogP contribution in [0.2, 0.25) is 0 Å². The zero-order chi connectivity index (χ0) is 15.5. The van der Waals surface area contributed by atoms with Crippen LogP contribution < -0.4 is 10.1 Å². The van der Waals surface area contributed by atoms with Crippen LogP contribution in [0.4, 0.5) is 0 Å². The highest BCUT2D eigenvalue weighted by Crippen LogP contribution is 2.25. The minimum atomic E-state index is -0.666. The van der Waals surface area contributed by atoms with Crippen LogP contribution in [0.25, 0.3) is 10.6 Å². The van der Waals surface area contributed by atoms with Crippen LogP contribution in [-0.4, -0.2) is 35.3 Å². The van der Waals surface area contributed by atoms with E-state index in [4.69, 9.17) is 4.74 Å². The van der Waals surface area contributed by atoms with Crippen molar-refractivity contribution in [3.63, 3.8) is 0 Å². The maximum absolute atomic E-state index is 12.1. The number of hydrogen-bond acceptors (Lipinski definition) is 5. The number of ether oxygens (including phenoxy) is 1. The van der Waals surface area contributed by atoms with Gasteiger partial charge in [-0.15, -0.1) is 11.3 Å². The topological polar surface area (TPSA) is 71.5 Å². The van der Waals surface area contributed by atoms with Gasteiger partial charge in [-0.2, -0.15) is 0 Å². The third-order valence-electron chi connectivity index (χ3n) is 2.92. The van der Waals surface area contributed by atoms with Crippen molar-refractivity contribution in [2.24, 2.45) is 0 Å². The summed E-state index contributed by atoms with van der Waals surface area (Å²) >= 11 is 1.40. The summed E-state index contributed by atoms with van der Waals surface area (Å²) in [6.07, 6.45) is 0. The highest BCUT2D eigenvalue weighted by atomic mass is 32.1. The normalized spacial score (nSPS) is 11.2. The molecule has 1 aromatic heterocycles. The molecule has 2 aromatic rings. The Morgan fingerprint density at radius 3 is 2.62 bits per heavy atom. The number of hydrogen-bond donors (Lipinski definition) is 2. The van der Waals surface area contributed by atoms with Crippen molar-refractivity contribution in [3.05, 3.63) is 35.3 Å². The van der Waals surface area contributed by atoms with Gasteiger partial charge in [0.05, 0.1) is 19.3 Å². The van der Waals surface area contributed by atoms with Crippen LogP contribution in [0.5, 0.6) is 5.75 Å². The first-order valence-electron chi connectivity index (χ1n) is 6.48. The predicted molar refractivity (Wildman–Crippen MR) is 82.7 cm³/mol. The number of methoxy groups -OCH3 is 1. The molecule has 0 aliphatic rings. The van der Waals surface area contributed by atoms with Gasteiger partial charge in [-0.25, -0.2) is 4.98 Å². The van der Waals surface area contributed by atoms with Crippen molar-refractivity contribution in [2.75, 3.05) is 13.7 Å². The van der Waals surface area contributed by atoms with Gasteiger partial charge in [-0.05, 0) is 38.1 Å². The Labute approximate surface area is 127 Å². The van der Waals surface area contributed by atoms with Crippen molar-refractivity contribution < 1.29 is 14.6 Å². The van der Waals surface area contributed by atoms with Gasteiger partial charge in [-0.3, -0.25) is 4.79 Å². The lowest BCUT2D eigenvalue weighted by molar-refractivity contribution is 0.0865. The quantitative estimate of drug-likeness (QED) is 0.889. The molecule has 0 radical (unpaired) electrons. The number of nitrogens with one attached hydrogen (secondary N) is 1. The molecule has 0 saturated heterocycles. The van der Waals surface area contributed by atoms with E-state index in [9.17, 15) is 9.90 Å². The van der Waals surface area contributed by atoms with Crippen LogP contribution in [-0.2, 0) is 0 Å². The van der Waals surface area contributed by atoms with Crippen molar-refractivity contribution in [2.45, 2.75) is 19.4 Å². The van der Waals surface area contributed by atoms with Gasteiger partial charge in [0.2, 0.25) is 0 Å². The fourth-order valence-corrected chi connectivity index (χ4v) is 2.46. The number of aliphatic hydroxyl groups excluding tert-OH is 1. The van der Waals surface area contributed by atoms with Crippen molar-refractivity contribution in [1.29, 1.82) is 0 Å². The van der Waals surface area contributed by atoms with Crippen LogP contribution in [0.15, 0.2) is 29.6 Å². The molecule has 0 unspecified atom stereocenters. The lowest BCUT2D eigenvalue weighted by atomic mass is 10.1. The van der Waals surface area contributed by atoms with E-state index in [-0.39, 0.29) is 12.5 Å². The third-order valence-corrected chi connectivity index (χ3v) is 3.81. The molecule has 6 heteroatoms. The second kappa shape index (κ2) is 6.24. The molecule has 0 saturated carbocycles. The molecular formula is C15H18N2O3S. The summed E-state index contributed by atoms with van der Waals surface area (Å²) in [7, 11) is 1.61. The lowest BCUT2D eigenvalue weighted by Gasteiger charge is -2.22. The Bertz CT molecular complexity index is 620. The standard InChI is InChI=1S/C15H18N2O3S/c1-15(2,9-18)17-13(19)12-8-21-14(16-12)10-4-6-11(20-3)7-5-10/h4-8,18H,9H2,1-3H3,(H,17,19). The molecule has 2 rings (SSSR count). The van der Waals surface area contributed by atoms with Gasteiger partial charge in [0, 0.05) is 10.9 Å². The molecular weight excluding hydrogens is 288 g/mol. The summed E-state index contributed by atoms with van der Waals surface area (Å²) in [6.45, 7) is 3.37. The van der Waals surface area contributed by atoms with Crippen LogP contribution in [0.3, 0.4) is 0 Å². The first-order valence-corrected chi connectivity index (χ1v) is 7.36. The molecule has 1 aromatic carbocycles. The molecule has 0 bridgehead atoms. The Morgan fingerprint density at radius 1 is 1.38 bits per heavy atom. The predicted octanol–water partition coefficient (Wildman–Crippen LogP) is 2.32. The number of nitrogens with zero attached hydrogens (tertiary/aromatic N) is 1. The number of aliphatic hydroxyl groups is 1. The van der Waals surface area contributed by atoms with E-state index < -0.39 is 5.54 Å². The monoisotopic (exact) mass is 306 g/mol. The van der Waals surface area contributed by atoms with E-state index in [1.807, 2.05) is 24.3 Å². The van der Waals surface area contributed by atoms with Crippen molar-refractivity contribution in [1.82, 2.24) is 10.3 Å². The van der Waals surface area contributed by atoms with Crippen molar-refractivity contribution >= 4 is 17.2 Å². The molecule has 1 amide bonds. The maximum atomic E-state index is 12.1. The van der Waals surface area contributed by atoms with Gasteiger partial charge in [0.25, 0.3) is 5.91 Å². The lowest BCUT2D eigenvalue weighted by Crippen LogP contribution is -2.46. The Hall–Kier alpha value is -1.92. The van der Waals surface area contributed by atoms with E-state index in [1.165, 1.54) is 11.3 Å². The highest BCUT2D eigenvalue weighted by molar-refractivity contribution is 7.13. The Morgan fingerprint density at radius 2 is 2.05 bits per heavy atom. The fraction of sp³-hybridized carbons (Fsp3) is 0.333. The van der Waals surface area contributed by atoms with Crippen LogP contribution in [0.1, 0.15) is 24.3 Å². The van der Waals surface area contributed by atoms with Gasteiger partial charge >= 0.3 is 0 Å². The number of aromatic nitrogens is 1. The number of amides is 1. The smallest absolute Gasteiger partial charge is 0.271 e. The summed E-state index contributed by atoms with van der Waals surface area (Å²) in [4.78, 5) is 16.4. The summed E-state index contributed by atoms with van der Waals surface area (Å²) < 4.78 is 5.11. The van der Waals surface area contributed by atoms with Gasteiger partial charge in [0.1, 0.15) is 16.5 Å². The Balaban J connectivity index is 2.15. The third kappa shape index (κ3) is 3.80. The Kier molecular flexibility index (Phi) is 4.59. The van der Waals surface area contributed by atoms with Gasteiger partial charge in [-0.1, -0.05) is 0 Å². The van der Waals surface area contributed by atoms with E-state index in [0.29, 0.717) is 5.69 Å². The zero-order valence-corrected chi connectivity index (χ0v) is 13.0. The van der Waals surface area contributed by atoms with Gasteiger partial charge in [0.15, 0.2) is 0 Å². The molecule has 21 heavy (non-hydrogen) atoms. The minimum Gasteiger partial charge on any atom is -0.497 e. The fourth-order valence-electron chi connectivity index (χ4n) is 1.66. The molecule has 0 atom stereocenters.